The third-order valence-corrected chi connectivity index (χ3v) is 3.73. The van der Waals surface area contributed by atoms with Gasteiger partial charge in [-0.1, -0.05) is 26.0 Å². The molecule has 0 heterocycles. The zero-order valence-electron chi connectivity index (χ0n) is 10.1. The lowest BCUT2D eigenvalue weighted by Gasteiger charge is -2.09. The number of anilines is 1. The Morgan fingerprint density at radius 1 is 1.53 bits per heavy atom. The molecular formula is C13H16N2OS. The summed E-state index contributed by atoms with van der Waals surface area (Å²) in [6, 6.07) is 9.07. The molecule has 1 N–H and O–H groups in total. The molecule has 1 amide bonds. The number of nitriles is 1. The number of amides is 1. The van der Waals surface area contributed by atoms with Crippen molar-refractivity contribution in [1.82, 2.24) is 0 Å². The van der Waals surface area contributed by atoms with Gasteiger partial charge >= 0.3 is 0 Å². The SMILES string of the molecule is CCC(C)SCC(=O)Nc1ccccc1C#N. The van der Waals surface area contributed by atoms with Crippen LogP contribution in [-0.2, 0) is 4.79 Å². The van der Waals surface area contributed by atoms with E-state index in [0.717, 1.165) is 6.42 Å². The molecular weight excluding hydrogens is 232 g/mol. The largest absolute Gasteiger partial charge is 0.324 e. The van der Waals surface area contributed by atoms with Crippen molar-refractivity contribution in [3.63, 3.8) is 0 Å². The number of thioether (sulfide) groups is 1. The minimum atomic E-state index is -0.0574. The van der Waals surface area contributed by atoms with Crippen LogP contribution in [0.5, 0.6) is 0 Å². The quantitative estimate of drug-likeness (QED) is 0.871. The Labute approximate surface area is 106 Å². The molecule has 0 saturated carbocycles. The molecule has 17 heavy (non-hydrogen) atoms. The lowest BCUT2D eigenvalue weighted by Crippen LogP contribution is -2.16. The first kappa shape index (κ1) is 13.6. The maximum Gasteiger partial charge on any atom is 0.234 e. The van der Waals surface area contributed by atoms with Crippen LogP contribution in [-0.4, -0.2) is 16.9 Å². The van der Waals surface area contributed by atoms with Crippen LogP contribution in [0, 0.1) is 11.3 Å². The third kappa shape index (κ3) is 4.49. The molecule has 1 unspecified atom stereocenters. The van der Waals surface area contributed by atoms with Crippen LogP contribution in [0.25, 0.3) is 0 Å². The number of carbonyl (C=O) groups is 1. The summed E-state index contributed by atoms with van der Waals surface area (Å²) in [4.78, 5) is 11.7. The zero-order valence-corrected chi connectivity index (χ0v) is 10.9. The summed E-state index contributed by atoms with van der Waals surface area (Å²) in [5.41, 5.74) is 1.08. The highest BCUT2D eigenvalue weighted by atomic mass is 32.2. The van der Waals surface area contributed by atoms with Crippen LogP contribution in [0.4, 0.5) is 5.69 Å². The van der Waals surface area contributed by atoms with Crippen molar-refractivity contribution in [3.05, 3.63) is 29.8 Å². The number of nitrogens with one attached hydrogen (secondary N) is 1. The molecule has 1 aromatic rings. The maximum atomic E-state index is 11.7. The van der Waals surface area contributed by atoms with Crippen LogP contribution in [0.15, 0.2) is 24.3 Å². The molecule has 0 spiro atoms. The molecule has 0 aliphatic rings. The van der Waals surface area contributed by atoms with Gasteiger partial charge in [0, 0.05) is 5.25 Å². The van der Waals surface area contributed by atoms with E-state index in [4.69, 9.17) is 5.26 Å². The second-order valence-electron chi connectivity index (χ2n) is 3.74. The Kier molecular flexibility index (Phi) is 5.58. The lowest BCUT2D eigenvalue weighted by atomic mass is 10.2. The van der Waals surface area contributed by atoms with E-state index in [-0.39, 0.29) is 5.91 Å². The summed E-state index contributed by atoms with van der Waals surface area (Å²) in [7, 11) is 0. The predicted octanol–water partition coefficient (Wildman–Crippen LogP) is 3.03. The van der Waals surface area contributed by atoms with Crippen LogP contribution >= 0.6 is 11.8 Å². The summed E-state index contributed by atoms with van der Waals surface area (Å²) in [6.45, 7) is 4.20. The highest BCUT2D eigenvalue weighted by Crippen LogP contribution is 2.16. The molecule has 1 rings (SSSR count). The normalized spacial score (nSPS) is 11.6. The third-order valence-electron chi connectivity index (χ3n) is 2.40. The highest BCUT2D eigenvalue weighted by molar-refractivity contribution is 8.00. The molecule has 0 bridgehead atoms. The number of hydrogen-bond acceptors (Lipinski definition) is 3. The topological polar surface area (TPSA) is 52.9 Å². The standard InChI is InChI=1S/C13H16N2OS/c1-3-10(2)17-9-13(16)15-12-7-5-4-6-11(12)8-14/h4-7,10H,3,9H2,1-2H3,(H,15,16). The van der Waals surface area contributed by atoms with E-state index >= 15 is 0 Å². The molecule has 0 radical (unpaired) electrons. The van der Waals surface area contributed by atoms with E-state index < -0.39 is 0 Å². The molecule has 0 aliphatic carbocycles. The minimum absolute atomic E-state index is 0.0574. The van der Waals surface area contributed by atoms with Gasteiger partial charge in [0.2, 0.25) is 5.91 Å². The van der Waals surface area contributed by atoms with Crippen molar-refractivity contribution in [2.75, 3.05) is 11.1 Å². The monoisotopic (exact) mass is 248 g/mol. The molecule has 0 aromatic heterocycles. The van der Waals surface area contributed by atoms with Gasteiger partial charge in [0.15, 0.2) is 0 Å². The molecule has 3 nitrogen and oxygen atoms in total. The second kappa shape index (κ2) is 6.97. The fraction of sp³-hybridized carbons (Fsp3) is 0.385. The number of para-hydroxylation sites is 1. The Morgan fingerprint density at radius 2 is 2.24 bits per heavy atom. The van der Waals surface area contributed by atoms with Crippen LogP contribution in [0.3, 0.4) is 0 Å². The van der Waals surface area contributed by atoms with Crippen molar-refractivity contribution in [2.45, 2.75) is 25.5 Å². The summed E-state index contributed by atoms with van der Waals surface area (Å²) in [5, 5.41) is 12.1. The summed E-state index contributed by atoms with van der Waals surface area (Å²) in [6.07, 6.45) is 1.05. The molecule has 90 valence electrons. The van der Waals surface area contributed by atoms with Gasteiger partial charge in [-0.15, -0.1) is 11.8 Å². The summed E-state index contributed by atoms with van der Waals surface area (Å²) < 4.78 is 0. The number of carbonyl (C=O) groups excluding carboxylic acids is 1. The van der Waals surface area contributed by atoms with Crippen molar-refractivity contribution in [2.24, 2.45) is 0 Å². The van der Waals surface area contributed by atoms with Gasteiger partial charge in [0.05, 0.1) is 17.0 Å². The average molecular weight is 248 g/mol. The lowest BCUT2D eigenvalue weighted by molar-refractivity contribution is -0.113. The molecule has 1 aromatic carbocycles. The highest BCUT2D eigenvalue weighted by Gasteiger charge is 2.08. The van der Waals surface area contributed by atoms with E-state index in [1.807, 2.05) is 0 Å². The number of hydrogen-bond donors (Lipinski definition) is 1. The first-order valence-corrected chi connectivity index (χ1v) is 6.62. The smallest absolute Gasteiger partial charge is 0.234 e. The Morgan fingerprint density at radius 3 is 2.88 bits per heavy atom. The Hall–Kier alpha value is -1.47. The summed E-state index contributed by atoms with van der Waals surface area (Å²) >= 11 is 1.62. The number of benzene rings is 1. The molecule has 4 heteroatoms. The molecule has 0 saturated heterocycles. The van der Waals surface area contributed by atoms with E-state index in [2.05, 4.69) is 25.2 Å². The van der Waals surface area contributed by atoms with Gasteiger partial charge in [0.1, 0.15) is 6.07 Å². The van der Waals surface area contributed by atoms with E-state index in [0.29, 0.717) is 22.3 Å². The van der Waals surface area contributed by atoms with E-state index in [9.17, 15) is 4.79 Å². The Balaban J connectivity index is 2.54. The van der Waals surface area contributed by atoms with E-state index in [1.54, 1.807) is 36.0 Å². The predicted molar refractivity (Wildman–Crippen MR) is 72.0 cm³/mol. The first-order chi connectivity index (χ1) is 8.17. The van der Waals surface area contributed by atoms with Crippen LogP contribution in [0.1, 0.15) is 25.8 Å². The van der Waals surface area contributed by atoms with Crippen molar-refractivity contribution < 1.29 is 4.79 Å². The summed E-state index contributed by atoms with van der Waals surface area (Å²) in [5.74, 6) is 0.368. The second-order valence-corrected chi connectivity index (χ2v) is 5.16. The van der Waals surface area contributed by atoms with Gasteiger partial charge in [-0.3, -0.25) is 4.79 Å². The van der Waals surface area contributed by atoms with E-state index in [1.165, 1.54) is 0 Å². The molecule has 0 aliphatic heterocycles. The number of rotatable bonds is 5. The van der Waals surface area contributed by atoms with Gasteiger partial charge in [-0.25, -0.2) is 0 Å². The van der Waals surface area contributed by atoms with Crippen molar-refractivity contribution >= 4 is 23.4 Å². The van der Waals surface area contributed by atoms with Gasteiger partial charge in [0.25, 0.3) is 0 Å². The average Bonchev–Trinajstić information content (AvgIpc) is 2.36. The fourth-order valence-electron chi connectivity index (χ4n) is 1.21. The minimum Gasteiger partial charge on any atom is -0.324 e. The zero-order chi connectivity index (χ0) is 12.7. The van der Waals surface area contributed by atoms with Gasteiger partial charge in [-0.05, 0) is 18.6 Å². The fourth-order valence-corrected chi connectivity index (χ4v) is 1.96. The molecule has 1 atom stereocenters. The first-order valence-electron chi connectivity index (χ1n) is 5.58. The van der Waals surface area contributed by atoms with Gasteiger partial charge in [-0.2, -0.15) is 5.26 Å². The number of nitrogens with zero attached hydrogens (tertiary/aromatic N) is 1. The van der Waals surface area contributed by atoms with Gasteiger partial charge < -0.3 is 5.32 Å². The van der Waals surface area contributed by atoms with Crippen LogP contribution < -0.4 is 5.32 Å². The van der Waals surface area contributed by atoms with Crippen molar-refractivity contribution in [1.29, 1.82) is 5.26 Å². The van der Waals surface area contributed by atoms with Crippen molar-refractivity contribution in [3.8, 4) is 6.07 Å². The molecule has 0 fully saturated rings. The van der Waals surface area contributed by atoms with Crippen LogP contribution in [0.2, 0.25) is 0 Å². The maximum absolute atomic E-state index is 11.7. The Bertz CT molecular complexity index is 426.